The van der Waals surface area contributed by atoms with Gasteiger partial charge in [-0.15, -0.1) is 0 Å². The van der Waals surface area contributed by atoms with E-state index in [1.807, 2.05) is 62.4 Å². The first-order valence-electron chi connectivity index (χ1n) is 10.1. The fraction of sp³-hybridized carbons (Fsp3) is 0.154. The van der Waals surface area contributed by atoms with Gasteiger partial charge in [-0.05, 0) is 54.8 Å². The molecule has 0 aliphatic heterocycles. The number of ether oxygens (including phenoxy) is 3. The highest BCUT2D eigenvalue weighted by Crippen LogP contribution is 2.25. The molecule has 6 nitrogen and oxygen atoms in total. The van der Waals surface area contributed by atoms with Gasteiger partial charge in [0.05, 0.1) is 5.39 Å². The molecule has 0 N–H and O–H groups in total. The minimum Gasteiger partial charge on any atom is -0.482 e. The second-order valence-electron chi connectivity index (χ2n) is 7.45. The van der Waals surface area contributed by atoms with Crippen molar-refractivity contribution in [2.24, 2.45) is 0 Å². The lowest BCUT2D eigenvalue weighted by Gasteiger charge is -2.09. The molecule has 0 fully saturated rings. The summed E-state index contributed by atoms with van der Waals surface area (Å²) in [4.78, 5) is 24.7. The smallest absolute Gasteiger partial charge is 0.344 e. The number of carbonyl (C=O) groups excluding carboxylic acids is 1. The van der Waals surface area contributed by atoms with Crippen molar-refractivity contribution >= 4 is 16.9 Å². The first-order chi connectivity index (χ1) is 15.5. The van der Waals surface area contributed by atoms with Gasteiger partial charge >= 0.3 is 5.97 Å². The van der Waals surface area contributed by atoms with Gasteiger partial charge in [0.2, 0.25) is 11.2 Å². The Morgan fingerprint density at radius 2 is 1.66 bits per heavy atom. The summed E-state index contributed by atoms with van der Waals surface area (Å²) in [6.07, 6.45) is 1.28. The van der Waals surface area contributed by atoms with Crippen molar-refractivity contribution in [1.29, 1.82) is 0 Å². The van der Waals surface area contributed by atoms with Gasteiger partial charge in [0.25, 0.3) is 0 Å². The maximum atomic E-state index is 12.8. The van der Waals surface area contributed by atoms with Gasteiger partial charge in [0.1, 0.15) is 30.0 Å². The van der Waals surface area contributed by atoms with Crippen LogP contribution in [-0.4, -0.2) is 12.6 Å². The number of aryl methyl sites for hydroxylation is 2. The van der Waals surface area contributed by atoms with Crippen LogP contribution in [0.4, 0.5) is 0 Å². The van der Waals surface area contributed by atoms with Crippen LogP contribution in [0.3, 0.4) is 0 Å². The van der Waals surface area contributed by atoms with Crippen molar-refractivity contribution in [3.05, 3.63) is 99.9 Å². The lowest BCUT2D eigenvalue weighted by atomic mass is 10.1. The highest BCUT2D eigenvalue weighted by atomic mass is 16.6. The average Bonchev–Trinajstić information content (AvgIpc) is 2.78. The number of hydrogen-bond acceptors (Lipinski definition) is 6. The Hall–Kier alpha value is -4.06. The first kappa shape index (κ1) is 21.2. The molecule has 1 aromatic heterocycles. The van der Waals surface area contributed by atoms with E-state index in [2.05, 4.69) is 0 Å². The Balaban J connectivity index is 1.42. The second-order valence-corrected chi connectivity index (χ2v) is 7.45. The zero-order valence-electron chi connectivity index (χ0n) is 17.8. The Labute approximate surface area is 185 Å². The summed E-state index contributed by atoms with van der Waals surface area (Å²) in [5.41, 5.74) is 3.01. The van der Waals surface area contributed by atoms with Crippen molar-refractivity contribution in [2.45, 2.75) is 20.5 Å². The number of fused-ring (bicyclic) bond motifs is 1. The fourth-order valence-electron chi connectivity index (χ4n) is 3.29. The number of carbonyl (C=O) groups is 1. The SMILES string of the molecule is Cc1cc(C)cc(Oc2coc3cc(OCC(=O)OCc4ccccc4)ccc3c2=O)c1. The molecule has 4 aromatic rings. The van der Waals surface area contributed by atoms with Crippen molar-refractivity contribution in [3.63, 3.8) is 0 Å². The van der Waals surface area contributed by atoms with Crippen molar-refractivity contribution < 1.29 is 23.4 Å². The van der Waals surface area contributed by atoms with Gasteiger partial charge in [-0.25, -0.2) is 4.79 Å². The third-order valence-corrected chi connectivity index (χ3v) is 4.74. The van der Waals surface area contributed by atoms with E-state index in [1.165, 1.54) is 6.26 Å². The Bertz CT molecular complexity index is 1290. The molecule has 3 aromatic carbocycles. The van der Waals surface area contributed by atoms with E-state index in [0.29, 0.717) is 22.5 Å². The summed E-state index contributed by atoms with van der Waals surface area (Å²) in [5, 5.41) is 0.353. The highest BCUT2D eigenvalue weighted by molar-refractivity contribution is 5.79. The summed E-state index contributed by atoms with van der Waals surface area (Å²) < 4.78 is 22.0. The predicted octanol–water partition coefficient (Wildman–Crippen LogP) is 5.32. The van der Waals surface area contributed by atoms with Crippen LogP contribution in [0.5, 0.6) is 17.2 Å². The van der Waals surface area contributed by atoms with E-state index in [1.54, 1.807) is 18.2 Å². The lowest BCUT2D eigenvalue weighted by molar-refractivity contribution is -0.147. The summed E-state index contributed by atoms with van der Waals surface area (Å²) in [7, 11) is 0. The van der Waals surface area contributed by atoms with E-state index in [-0.39, 0.29) is 24.4 Å². The summed E-state index contributed by atoms with van der Waals surface area (Å²) >= 11 is 0. The standard InChI is InChI=1S/C26H22O6/c1-17-10-18(2)12-21(11-17)32-24-15-30-23-13-20(8-9-22(23)26(24)28)29-16-25(27)31-14-19-6-4-3-5-7-19/h3-13,15H,14,16H2,1-2H3. The van der Waals surface area contributed by atoms with E-state index in [9.17, 15) is 9.59 Å². The average molecular weight is 430 g/mol. The van der Waals surface area contributed by atoms with Gasteiger partial charge in [0.15, 0.2) is 6.61 Å². The molecule has 1 heterocycles. The highest BCUT2D eigenvalue weighted by Gasteiger charge is 2.12. The molecule has 0 unspecified atom stereocenters. The van der Waals surface area contributed by atoms with Gasteiger partial charge in [-0.2, -0.15) is 0 Å². The molecule has 0 aliphatic carbocycles. The molecule has 162 valence electrons. The van der Waals surface area contributed by atoms with Crippen LogP contribution < -0.4 is 14.9 Å². The third-order valence-electron chi connectivity index (χ3n) is 4.74. The topological polar surface area (TPSA) is 75.0 Å². The summed E-state index contributed by atoms with van der Waals surface area (Å²) in [5.74, 6) is 0.566. The maximum absolute atomic E-state index is 12.8. The van der Waals surface area contributed by atoms with Crippen LogP contribution in [-0.2, 0) is 16.1 Å². The van der Waals surface area contributed by atoms with Gasteiger partial charge in [0, 0.05) is 6.07 Å². The molecule has 0 aliphatic rings. The lowest BCUT2D eigenvalue weighted by Crippen LogP contribution is -2.14. The number of hydrogen-bond donors (Lipinski definition) is 0. The van der Waals surface area contributed by atoms with Gasteiger partial charge in [-0.3, -0.25) is 4.79 Å². The van der Waals surface area contributed by atoms with Crippen LogP contribution in [0.1, 0.15) is 16.7 Å². The van der Waals surface area contributed by atoms with Crippen LogP contribution in [0, 0.1) is 13.8 Å². The number of benzene rings is 3. The van der Waals surface area contributed by atoms with Gasteiger partial charge < -0.3 is 18.6 Å². The molecular formula is C26H22O6. The molecule has 6 heteroatoms. The van der Waals surface area contributed by atoms with Crippen molar-refractivity contribution in [3.8, 4) is 17.2 Å². The molecule has 32 heavy (non-hydrogen) atoms. The number of esters is 1. The molecule has 0 radical (unpaired) electrons. The second kappa shape index (κ2) is 9.39. The summed E-state index contributed by atoms with van der Waals surface area (Å²) in [6.45, 7) is 3.85. The van der Waals surface area contributed by atoms with Crippen molar-refractivity contribution in [2.75, 3.05) is 6.61 Å². The third kappa shape index (κ3) is 5.16. The molecule has 0 bridgehead atoms. The Kier molecular flexibility index (Phi) is 6.22. The van der Waals surface area contributed by atoms with Crippen LogP contribution in [0.2, 0.25) is 0 Å². The fourth-order valence-corrected chi connectivity index (χ4v) is 3.29. The molecule has 0 amide bonds. The van der Waals surface area contributed by atoms with Crippen LogP contribution >= 0.6 is 0 Å². The van der Waals surface area contributed by atoms with E-state index in [4.69, 9.17) is 18.6 Å². The van der Waals surface area contributed by atoms with Gasteiger partial charge in [-0.1, -0.05) is 36.4 Å². The molecule has 4 rings (SSSR count). The maximum Gasteiger partial charge on any atom is 0.344 e. The zero-order valence-corrected chi connectivity index (χ0v) is 17.8. The van der Waals surface area contributed by atoms with E-state index in [0.717, 1.165) is 16.7 Å². The minimum absolute atomic E-state index is 0.0978. The molecule has 0 saturated heterocycles. The van der Waals surface area contributed by atoms with E-state index >= 15 is 0 Å². The molecule has 0 atom stereocenters. The molecular weight excluding hydrogens is 408 g/mol. The Morgan fingerprint density at radius 1 is 0.906 bits per heavy atom. The normalized spacial score (nSPS) is 10.7. The predicted molar refractivity (Wildman–Crippen MR) is 120 cm³/mol. The molecule has 0 spiro atoms. The molecule has 0 saturated carbocycles. The van der Waals surface area contributed by atoms with Crippen LogP contribution in [0.15, 0.2) is 82.2 Å². The monoisotopic (exact) mass is 430 g/mol. The van der Waals surface area contributed by atoms with E-state index < -0.39 is 5.97 Å². The zero-order chi connectivity index (χ0) is 22.5. The minimum atomic E-state index is -0.493. The van der Waals surface area contributed by atoms with Crippen LogP contribution in [0.25, 0.3) is 11.0 Å². The Morgan fingerprint density at radius 3 is 2.41 bits per heavy atom. The van der Waals surface area contributed by atoms with Crippen molar-refractivity contribution in [1.82, 2.24) is 0 Å². The summed E-state index contributed by atoms with van der Waals surface area (Å²) in [6, 6.07) is 19.9. The largest absolute Gasteiger partial charge is 0.482 e. The quantitative estimate of drug-likeness (QED) is 0.369. The first-order valence-corrected chi connectivity index (χ1v) is 10.1. The number of rotatable bonds is 7.